The third kappa shape index (κ3) is 7.92. The van der Waals surface area contributed by atoms with Gasteiger partial charge in [-0.3, -0.25) is 19.2 Å². The topological polar surface area (TPSA) is 119 Å². The molecule has 14 heteroatoms. The number of nitrogens with zero attached hydrogens (tertiary/aromatic N) is 2. The molecule has 0 unspecified atom stereocenters. The molecule has 39 heavy (non-hydrogen) atoms. The van der Waals surface area contributed by atoms with Gasteiger partial charge in [-0.1, -0.05) is 46.9 Å². The Hall–Kier alpha value is -2.70. The summed E-state index contributed by atoms with van der Waals surface area (Å²) in [5.74, 6) is 0.681. The third-order valence-corrected chi connectivity index (χ3v) is 9.09. The molecule has 0 spiro atoms. The van der Waals surface area contributed by atoms with Crippen LogP contribution in [-0.2, 0) is 20.6 Å². The minimum atomic E-state index is -4.45. The van der Waals surface area contributed by atoms with Gasteiger partial charge in [-0.05, 0) is 48.9 Å². The molecule has 3 aromatic carbocycles. The van der Waals surface area contributed by atoms with Crippen molar-refractivity contribution in [2.24, 2.45) is 0 Å². The normalized spacial score (nSPS) is 11.2. The Bertz CT molecular complexity index is 1490. The molecule has 0 fully saturated rings. The van der Waals surface area contributed by atoms with Crippen LogP contribution in [0.2, 0.25) is 15.1 Å². The highest BCUT2D eigenvalue weighted by molar-refractivity contribution is 7.98. The fraction of sp³-hybridized carbons (Fsp3) is 0.240. The molecule has 0 atom stereocenters. The van der Waals surface area contributed by atoms with Gasteiger partial charge >= 0.3 is 0 Å². The van der Waals surface area contributed by atoms with Crippen LogP contribution in [0, 0.1) is 17.0 Å². The molecule has 0 saturated heterocycles. The number of methoxy groups -OCH3 is 1. The number of nitrogens with one attached hydrogen (secondary N) is 1. The monoisotopic (exact) mass is 631 g/mol. The van der Waals surface area contributed by atoms with Crippen LogP contribution in [0.3, 0.4) is 0 Å². The van der Waals surface area contributed by atoms with Gasteiger partial charge in [0.15, 0.2) is 0 Å². The summed E-state index contributed by atoms with van der Waals surface area (Å²) in [7, 11) is -3.11. The van der Waals surface area contributed by atoms with Gasteiger partial charge in [0.25, 0.3) is 15.7 Å². The van der Waals surface area contributed by atoms with Crippen LogP contribution in [0.25, 0.3) is 0 Å². The maximum atomic E-state index is 13.7. The predicted octanol–water partition coefficient (Wildman–Crippen LogP) is 6.12. The lowest BCUT2D eigenvalue weighted by atomic mass is 10.2. The Morgan fingerprint density at radius 1 is 1.08 bits per heavy atom. The average Bonchev–Trinajstić information content (AvgIpc) is 2.88. The number of nitro groups is 1. The molecular formula is C25H24Cl3N3O6S2. The zero-order chi connectivity index (χ0) is 28.7. The Balaban J connectivity index is 1.80. The summed E-state index contributed by atoms with van der Waals surface area (Å²) >= 11 is 19.8. The molecule has 1 N–H and O–H groups in total. The molecule has 3 rings (SSSR count). The first-order valence-electron chi connectivity index (χ1n) is 11.3. The van der Waals surface area contributed by atoms with Gasteiger partial charge in [0.1, 0.15) is 12.3 Å². The van der Waals surface area contributed by atoms with Crippen LogP contribution in [0.5, 0.6) is 5.75 Å². The molecule has 0 saturated carbocycles. The number of hydrogen-bond acceptors (Lipinski definition) is 7. The number of sulfonamides is 1. The summed E-state index contributed by atoms with van der Waals surface area (Å²) in [4.78, 5) is 23.3. The maximum absolute atomic E-state index is 13.7. The summed E-state index contributed by atoms with van der Waals surface area (Å²) in [6.07, 6.45) is 0. The van der Waals surface area contributed by atoms with Crippen molar-refractivity contribution in [3.05, 3.63) is 90.9 Å². The minimum Gasteiger partial charge on any atom is -0.495 e. The third-order valence-electron chi connectivity index (χ3n) is 5.50. The zero-order valence-corrected chi connectivity index (χ0v) is 24.7. The van der Waals surface area contributed by atoms with Crippen LogP contribution >= 0.6 is 46.6 Å². The number of thioether (sulfide) groups is 1. The van der Waals surface area contributed by atoms with E-state index >= 15 is 0 Å². The first-order valence-corrected chi connectivity index (χ1v) is 15.1. The van der Waals surface area contributed by atoms with Gasteiger partial charge in [0.05, 0.1) is 22.6 Å². The van der Waals surface area contributed by atoms with Crippen molar-refractivity contribution in [1.29, 1.82) is 0 Å². The van der Waals surface area contributed by atoms with E-state index in [0.29, 0.717) is 27.1 Å². The number of halogens is 3. The van der Waals surface area contributed by atoms with Crippen molar-refractivity contribution in [1.82, 2.24) is 5.32 Å². The van der Waals surface area contributed by atoms with Crippen LogP contribution in [-0.4, -0.2) is 45.2 Å². The summed E-state index contributed by atoms with van der Waals surface area (Å²) in [6, 6.07) is 13.1. The van der Waals surface area contributed by atoms with E-state index in [2.05, 4.69) is 5.32 Å². The van der Waals surface area contributed by atoms with Crippen LogP contribution in [0.1, 0.15) is 11.1 Å². The molecule has 0 heterocycles. The molecule has 1 amide bonds. The van der Waals surface area contributed by atoms with Crippen molar-refractivity contribution >= 4 is 73.9 Å². The first kappa shape index (κ1) is 30.8. The van der Waals surface area contributed by atoms with Crippen molar-refractivity contribution in [3.8, 4) is 5.75 Å². The quantitative estimate of drug-likeness (QED) is 0.145. The summed E-state index contributed by atoms with van der Waals surface area (Å²) in [5, 5.41) is 15.4. The second-order valence-electron chi connectivity index (χ2n) is 8.17. The Morgan fingerprint density at radius 2 is 1.77 bits per heavy atom. The standard InChI is InChI=1S/C25H24Cl3N3O6S2/c1-16-3-7-20(13-22(16)31(33)34)39(35,36)30(23-12-19(27)6-8-24(23)37-2)14-25(32)29-9-10-38-15-17-4-5-18(26)11-21(17)28/h3-8,11-13H,9-10,14-15H2,1-2H3,(H,29,32). The van der Waals surface area contributed by atoms with Crippen molar-refractivity contribution in [2.75, 3.05) is 30.3 Å². The molecule has 0 radical (unpaired) electrons. The van der Waals surface area contributed by atoms with E-state index in [1.807, 2.05) is 6.07 Å². The lowest BCUT2D eigenvalue weighted by molar-refractivity contribution is -0.385. The summed E-state index contributed by atoms with van der Waals surface area (Å²) in [5.41, 5.74) is 0.836. The number of aryl methyl sites for hydroxylation is 1. The average molecular weight is 633 g/mol. The van der Waals surface area contributed by atoms with Crippen molar-refractivity contribution < 1.29 is 22.9 Å². The smallest absolute Gasteiger partial charge is 0.273 e. The van der Waals surface area contributed by atoms with Gasteiger partial charge in [0, 0.05) is 44.7 Å². The van der Waals surface area contributed by atoms with Gasteiger partial charge in [-0.15, -0.1) is 0 Å². The first-order chi connectivity index (χ1) is 18.4. The number of carbonyl (C=O) groups is 1. The van der Waals surface area contributed by atoms with Gasteiger partial charge in [-0.25, -0.2) is 8.42 Å². The van der Waals surface area contributed by atoms with E-state index in [1.54, 1.807) is 12.1 Å². The number of nitro benzene ring substituents is 1. The van der Waals surface area contributed by atoms with Gasteiger partial charge < -0.3 is 10.1 Å². The van der Waals surface area contributed by atoms with Gasteiger partial charge in [-0.2, -0.15) is 11.8 Å². The molecule has 3 aromatic rings. The fourth-order valence-corrected chi connectivity index (χ4v) is 6.53. The highest BCUT2D eigenvalue weighted by atomic mass is 35.5. The number of benzene rings is 3. The van der Waals surface area contributed by atoms with Crippen molar-refractivity contribution in [2.45, 2.75) is 17.6 Å². The predicted molar refractivity (Wildman–Crippen MR) is 156 cm³/mol. The van der Waals surface area contributed by atoms with Crippen LogP contribution in [0.15, 0.2) is 59.5 Å². The Morgan fingerprint density at radius 3 is 2.44 bits per heavy atom. The number of hydrogen-bond donors (Lipinski definition) is 1. The van der Waals surface area contributed by atoms with Gasteiger partial charge in [0.2, 0.25) is 5.91 Å². The second kappa shape index (κ2) is 13.6. The Labute approximate surface area is 245 Å². The minimum absolute atomic E-state index is 0.00938. The number of anilines is 1. The zero-order valence-electron chi connectivity index (χ0n) is 20.8. The van der Waals surface area contributed by atoms with E-state index in [9.17, 15) is 23.3 Å². The van der Waals surface area contributed by atoms with Crippen molar-refractivity contribution in [3.63, 3.8) is 0 Å². The Kier molecular flexibility index (Phi) is 10.7. The molecule has 0 bridgehead atoms. The molecule has 0 aliphatic heterocycles. The highest BCUT2D eigenvalue weighted by Gasteiger charge is 2.31. The molecule has 0 aliphatic rings. The molecule has 208 valence electrons. The van der Waals surface area contributed by atoms with E-state index in [0.717, 1.165) is 15.9 Å². The molecule has 0 aliphatic carbocycles. The van der Waals surface area contributed by atoms with E-state index in [4.69, 9.17) is 39.5 Å². The largest absolute Gasteiger partial charge is 0.495 e. The molecular weight excluding hydrogens is 609 g/mol. The second-order valence-corrected chi connectivity index (χ2v) is 12.4. The highest BCUT2D eigenvalue weighted by Crippen LogP contribution is 2.35. The van der Waals surface area contributed by atoms with E-state index in [1.165, 1.54) is 56.1 Å². The molecule has 0 aromatic heterocycles. The summed E-state index contributed by atoms with van der Waals surface area (Å²) < 4.78 is 33.6. The number of amides is 1. The molecule has 9 nitrogen and oxygen atoms in total. The number of carbonyl (C=O) groups excluding carboxylic acids is 1. The van der Waals surface area contributed by atoms with E-state index < -0.39 is 27.4 Å². The number of rotatable bonds is 12. The lowest BCUT2D eigenvalue weighted by Crippen LogP contribution is -2.41. The number of ether oxygens (including phenoxy) is 1. The van der Waals surface area contributed by atoms with Crippen LogP contribution < -0.4 is 14.4 Å². The SMILES string of the molecule is COc1ccc(Cl)cc1N(CC(=O)NCCSCc1ccc(Cl)cc1Cl)S(=O)(=O)c1ccc(C)c([N+](=O)[O-])c1. The van der Waals surface area contributed by atoms with E-state index in [-0.39, 0.29) is 33.6 Å². The maximum Gasteiger partial charge on any atom is 0.273 e. The lowest BCUT2D eigenvalue weighted by Gasteiger charge is -2.26. The fourth-order valence-electron chi connectivity index (χ4n) is 3.50. The summed E-state index contributed by atoms with van der Waals surface area (Å²) in [6.45, 7) is 1.14. The van der Waals surface area contributed by atoms with Crippen LogP contribution in [0.4, 0.5) is 11.4 Å².